The first kappa shape index (κ1) is 22.5. The Morgan fingerprint density at radius 2 is 1.65 bits per heavy atom. The molecule has 1 aliphatic heterocycles. The Morgan fingerprint density at radius 1 is 1.00 bits per heavy atom. The lowest BCUT2D eigenvalue weighted by Crippen LogP contribution is -2.47. The van der Waals surface area contributed by atoms with Crippen molar-refractivity contribution in [1.29, 1.82) is 0 Å². The Balaban J connectivity index is 1.80. The molecule has 0 saturated carbocycles. The monoisotopic (exact) mass is 424 g/mol. The first-order valence-electron chi connectivity index (χ1n) is 10.7. The second-order valence-corrected chi connectivity index (χ2v) is 8.16. The van der Waals surface area contributed by atoms with Gasteiger partial charge in [-0.05, 0) is 36.2 Å². The average Bonchev–Trinajstić information content (AvgIpc) is 2.77. The van der Waals surface area contributed by atoms with Crippen molar-refractivity contribution in [2.45, 2.75) is 20.8 Å². The van der Waals surface area contributed by atoms with Gasteiger partial charge in [-0.25, -0.2) is 0 Å². The fraction of sp³-hybridized carbons (Fsp3) is 0.417. The summed E-state index contributed by atoms with van der Waals surface area (Å²) in [6, 6.07) is 13.6. The van der Waals surface area contributed by atoms with E-state index in [1.807, 2.05) is 30.3 Å². The van der Waals surface area contributed by atoms with Crippen LogP contribution < -0.4 is 25.2 Å². The van der Waals surface area contributed by atoms with Gasteiger partial charge in [0.05, 0.1) is 18.4 Å². The molecule has 0 spiro atoms. The number of rotatable bonds is 7. The zero-order valence-electron chi connectivity index (χ0n) is 18.8. The number of methoxy groups -OCH3 is 1. The second kappa shape index (κ2) is 10.2. The van der Waals surface area contributed by atoms with Crippen LogP contribution >= 0.6 is 0 Å². The number of anilines is 3. The molecular weight excluding hydrogens is 392 g/mol. The summed E-state index contributed by atoms with van der Waals surface area (Å²) in [4.78, 5) is 29.0. The molecule has 0 aromatic heterocycles. The van der Waals surface area contributed by atoms with Crippen molar-refractivity contribution >= 4 is 28.9 Å². The molecule has 2 aromatic carbocycles. The Morgan fingerprint density at radius 3 is 2.26 bits per heavy atom. The van der Waals surface area contributed by atoms with Gasteiger partial charge in [-0.15, -0.1) is 0 Å². The number of hydrogen-bond donors (Lipinski definition) is 2. The quantitative estimate of drug-likeness (QED) is 0.713. The van der Waals surface area contributed by atoms with Crippen LogP contribution in [0.4, 0.5) is 17.1 Å². The lowest BCUT2D eigenvalue weighted by atomic mass is 10.1. The molecule has 7 nitrogen and oxygen atoms in total. The minimum atomic E-state index is -0.160. The number of carbonyl (C=O) groups is 2. The number of nitrogens with one attached hydrogen (secondary N) is 2. The summed E-state index contributed by atoms with van der Waals surface area (Å²) in [5.74, 6) is 0.939. The standard InChI is InChI=1S/C24H32N4O3/c1-17(2)16-25-24(30)20-15-19(26-18(3)29)9-10-21(20)27-11-13-28(14-12-27)22-7-5-6-8-23(22)31-4/h5-10,15,17H,11-14,16H2,1-4H3,(H,25,30)(H,26,29). The van der Waals surface area contributed by atoms with Crippen LogP contribution in [-0.2, 0) is 4.79 Å². The summed E-state index contributed by atoms with van der Waals surface area (Å²) < 4.78 is 5.51. The van der Waals surface area contributed by atoms with Crippen LogP contribution in [0, 0.1) is 5.92 Å². The number of para-hydroxylation sites is 2. The van der Waals surface area contributed by atoms with E-state index in [1.165, 1.54) is 6.92 Å². The molecule has 0 atom stereocenters. The highest BCUT2D eigenvalue weighted by molar-refractivity contribution is 6.02. The number of amides is 2. The number of carbonyl (C=O) groups excluding carboxylic acids is 2. The molecule has 166 valence electrons. The zero-order chi connectivity index (χ0) is 22.4. The summed E-state index contributed by atoms with van der Waals surface area (Å²) in [6.07, 6.45) is 0. The van der Waals surface area contributed by atoms with Gasteiger partial charge in [0, 0.05) is 51.0 Å². The highest BCUT2D eigenvalue weighted by atomic mass is 16.5. The van der Waals surface area contributed by atoms with Crippen LogP contribution in [-0.4, -0.2) is 51.6 Å². The lowest BCUT2D eigenvalue weighted by Gasteiger charge is -2.38. The van der Waals surface area contributed by atoms with E-state index < -0.39 is 0 Å². The number of benzene rings is 2. The molecule has 1 fully saturated rings. The third kappa shape index (κ3) is 5.69. The predicted octanol–water partition coefficient (Wildman–Crippen LogP) is 3.37. The second-order valence-electron chi connectivity index (χ2n) is 8.16. The summed E-state index contributed by atoms with van der Waals surface area (Å²) >= 11 is 0. The summed E-state index contributed by atoms with van der Waals surface area (Å²) in [5, 5.41) is 5.78. The van der Waals surface area contributed by atoms with Crippen LogP contribution in [0.1, 0.15) is 31.1 Å². The van der Waals surface area contributed by atoms with Crippen molar-refractivity contribution in [2.75, 3.05) is 55.0 Å². The smallest absolute Gasteiger partial charge is 0.253 e. The first-order valence-corrected chi connectivity index (χ1v) is 10.7. The maximum Gasteiger partial charge on any atom is 0.253 e. The van der Waals surface area contributed by atoms with Gasteiger partial charge in [0.15, 0.2) is 0 Å². The minimum Gasteiger partial charge on any atom is -0.495 e. The molecule has 1 heterocycles. The molecule has 0 bridgehead atoms. The van der Waals surface area contributed by atoms with Crippen molar-refractivity contribution in [3.63, 3.8) is 0 Å². The molecule has 0 radical (unpaired) electrons. The van der Waals surface area contributed by atoms with Crippen LogP contribution in [0.2, 0.25) is 0 Å². The molecule has 7 heteroatoms. The normalized spacial score (nSPS) is 13.8. The molecule has 3 rings (SSSR count). The van der Waals surface area contributed by atoms with E-state index in [0.29, 0.717) is 23.7 Å². The van der Waals surface area contributed by atoms with Crippen LogP contribution in [0.5, 0.6) is 5.75 Å². The van der Waals surface area contributed by atoms with E-state index in [2.05, 4.69) is 40.3 Å². The van der Waals surface area contributed by atoms with Gasteiger partial charge in [-0.1, -0.05) is 26.0 Å². The molecule has 31 heavy (non-hydrogen) atoms. The molecule has 1 aliphatic rings. The molecule has 2 N–H and O–H groups in total. The van der Waals surface area contributed by atoms with Crippen molar-refractivity contribution in [2.24, 2.45) is 5.92 Å². The number of nitrogens with zero attached hydrogens (tertiary/aromatic N) is 2. The number of ether oxygens (including phenoxy) is 1. The van der Waals surface area contributed by atoms with E-state index in [9.17, 15) is 9.59 Å². The van der Waals surface area contributed by atoms with Gasteiger partial charge in [-0.3, -0.25) is 9.59 Å². The van der Waals surface area contributed by atoms with E-state index >= 15 is 0 Å². The van der Waals surface area contributed by atoms with Gasteiger partial charge < -0.3 is 25.2 Å². The number of piperazine rings is 1. The lowest BCUT2D eigenvalue weighted by molar-refractivity contribution is -0.114. The summed E-state index contributed by atoms with van der Waals surface area (Å²) in [7, 11) is 1.69. The highest BCUT2D eigenvalue weighted by Crippen LogP contribution is 2.31. The first-order chi connectivity index (χ1) is 14.9. The van der Waals surface area contributed by atoms with Crippen molar-refractivity contribution in [1.82, 2.24) is 5.32 Å². The fourth-order valence-corrected chi connectivity index (χ4v) is 3.75. The van der Waals surface area contributed by atoms with E-state index in [0.717, 1.165) is 43.3 Å². The molecule has 1 saturated heterocycles. The Hall–Kier alpha value is -3.22. The largest absolute Gasteiger partial charge is 0.495 e. The third-order valence-electron chi connectivity index (χ3n) is 5.28. The fourth-order valence-electron chi connectivity index (χ4n) is 3.75. The van der Waals surface area contributed by atoms with Gasteiger partial charge in [0.1, 0.15) is 5.75 Å². The van der Waals surface area contributed by atoms with Gasteiger partial charge in [-0.2, -0.15) is 0 Å². The van der Waals surface area contributed by atoms with E-state index in [4.69, 9.17) is 4.74 Å². The number of hydrogen-bond acceptors (Lipinski definition) is 5. The van der Waals surface area contributed by atoms with Gasteiger partial charge in [0.25, 0.3) is 5.91 Å². The van der Waals surface area contributed by atoms with E-state index in [1.54, 1.807) is 13.2 Å². The van der Waals surface area contributed by atoms with Crippen molar-refractivity contribution in [3.05, 3.63) is 48.0 Å². The average molecular weight is 425 g/mol. The van der Waals surface area contributed by atoms with Gasteiger partial charge in [0.2, 0.25) is 5.91 Å². The Bertz CT molecular complexity index is 921. The summed E-state index contributed by atoms with van der Waals surface area (Å²) in [5.41, 5.74) is 3.17. The zero-order valence-corrected chi connectivity index (χ0v) is 18.8. The SMILES string of the molecule is COc1ccccc1N1CCN(c2ccc(NC(C)=O)cc2C(=O)NCC(C)C)CC1. The molecule has 0 unspecified atom stereocenters. The minimum absolute atomic E-state index is 0.122. The van der Waals surface area contributed by atoms with Crippen molar-refractivity contribution < 1.29 is 14.3 Å². The predicted molar refractivity (Wildman–Crippen MR) is 125 cm³/mol. The van der Waals surface area contributed by atoms with Crippen LogP contribution in [0.3, 0.4) is 0 Å². The topological polar surface area (TPSA) is 73.9 Å². The molecular formula is C24H32N4O3. The molecule has 0 aliphatic carbocycles. The van der Waals surface area contributed by atoms with Gasteiger partial charge >= 0.3 is 0 Å². The maximum atomic E-state index is 12.9. The Kier molecular flexibility index (Phi) is 7.39. The molecule has 2 amide bonds. The summed E-state index contributed by atoms with van der Waals surface area (Å²) in [6.45, 7) is 9.39. The van der Waals surface area contributed by atoms with E-state index in [-0.39, 0.29) is 11.8 Å². The molecule has 2 aromatic rings. The highest BCUT2D eigenvalue weighted by Gasteiger charge is 2.23. The van der Waals surface area contributed by atoms with Crippen LogP contribution in [0.15, 0.2) is 42.5 Å². The third-order valence-corrected chi connectivity index (χ3v) is 5.28. The Labute approximate surface area is 184 Å². The van der Waals surface area contributed by atoms with Crippen molar-refractivity contribution in [3.8, 4) is 5.75 Å². The van der Waals surface area contributed by atoms with Crippen LogP contribution in [0.25, 0.3) is 0 Å². The maximum absolute atomic E-state index is 12.9.